The Morgan fingerprint density at radius 2 is 2.00 bits per heavy atom. The monoisotopic (exact) mass is 333 g/mol. The molecule has 0 aliphatic carbocycles. The number of amides is 2. The van der Waals surface area contributed by atoms with Crippen molar-refractivity contribution in [1.82, 2.24) is 9.88 Å². The first-order valence-electron chi connectivity index (χ1n) is 8.35. The lowest BCUT2D eigenvalue weighted by atomic mass is 9.77. The molecule has 6 heteroatoms. The quantitative estimate of drug-likeness (QED) is 0.919. The van der Waals surface area contributed by atoms with E-state index in [9.17, 15) is 9.59 Å². The fourth-order valence-corrected chi connectivity index (χ4v) is 2.76. The van der Waals surface area contributed by atoms with Crippen molar-refractivity contribution in [1.29, 1.82) is 0 Å². The van der Waals surface area contributed by atoms with Gasteiger partial charge >= 0.3 is 6.09 Å². The highest BCUT2D eigenvalue weighted by molar-refractivity contribution is 5.90. The molecule has 1 aromatic rings. The van der Waals surface area contributed by atoms with Crippen LogP contribution in [0.25, 0.3) is 0 Å². The molecular weight excluding hydrogens is 306 g/mol. The van der Waals surface area contributed by atoms with Gasteiger partial charge in [-0.15, -0.1) is 0 Å². The van der Waals surface area contributed by atoms with Crippen LogP contribution >= 0.6 is 0 Å². The summed E-state index contributed by atoms with van der Waals surface area (Å²) < 4.78 is 5.41. The summed E-state index contributed by atoms with van der Waals surface area (Å²) in [5.74, 6) is -0.0174. The molecule has 0 spiro atoms. The minimum absolute atomic E-state index is 0.0174. The molecule has 132 valence electrons. The molecule has 0 bridgehead atoms. The third-order valence-corrected chi connectivity index (χ3v) is 4.15. The Kier molecular flexibility index (Phi) is 5.47. The molecule has 2 heterocycles. The van der Waals surface area contributed by atoms with Gasteiger partial charge in [-0.2, -0.15) is 0 Å². The number of nitrogens with one attached hydrogen (secondary N) is 1. The Bertz CT molecular complexity index is 573. The van der Waals surface area contributed by atoms with E-state index in [0.29, 0.717) is 25.2 Å². The molecule has 2 rings (SSSR count). The number of piperidine rings is 1. The molecule has 0 atom stereocenters. The lowest BCUT2D eigenvalue weighted by molar-refractivity contribution is -0.118. The standard InChI is InChI=1S/C18H27N3O3/c1-17(2,3)24-16(23)21-10-7-18(4,8-11-21)12-15(22)20-14-6-5-9-19-13-14/h5-6,9,13H,7-8,10-12H2,1-4H3,(H,20,22). The molecule has 1 saturated heterocycles. The Morgan fingerprint density at radius 3 is 2.54 bits per heavy atom. The topological polar surface area (TPSA) is 71.5 Å². The minimum Gasteiger partial charge on any atom is -0.444 e. The van der Waals surface area contributed by atoms with E-state index in [2.05, 4.69) is 17.2 Å². The number of anilines is 1. The van der Waals surface area contributed by atoms with Crippen molar-refractivity contribution in [2.75, 3.05) is 18.4 Å². The fourth-order valence-electron chi connectivity index (χ4n) is 2.76. The van der Waals surface area contributed by atoms with Crippen LogP contribution in [0.2, 0.25) is 0 Å². The first-order chi connectivity index (χ1) is 11.2. The van der Waals surface area contributed by atoms with Gasteiger partial charge in [0.1, 0.15) is 5.60 Å². The highest BCUT2D eigenvalue weighted by Crippen LogP contribution is 2.35. The molecule has 1 N–H and O–H groups in total. The van der Waals surface area contributed by atoms with Gasteiger partial charge in [0.15, 0.2) is 0 Å². The van der Waals surface area contributed by atoms with Gasteiger partial charge in [0, 0.05) is 25.7 Å². The van der Waals surface area contributed by atoms with Crippen LogP contribution in [-0.4, -0.2) is 40.6 Å². The maximum absolute atomic E-state index is 12.2. The average molecular weight is 333 g/mol. The molecule has 1 aliphatic heterocycles. The van der Waals surface area contributed by atoms with Crippen LogP contribution in [0.3, 0.4) is 0 Å². The largest absolute Gasteiger partial charge is 0.444 e. The van der Waals surface area contributed by atoms with E-state index in [1.54, 1.807) is 23.4 Å². The highest BCUT2D eigenvalue weighted by Gasteiger charge is 2.35. The van der Waals surface area contributed by atoms with Gasteiger partial charge in [-0.05, 0) is 51.2 Å². The van der Waals surface area contributed by atoms with Crippen molar-refractivity contribution < 1.29 is 14.3 Å². The summed E-state index contributed by atoms with van der Waals surface area (Å²) in [6, 6.07) is 3.61. The van der Waals surface area contributed by atoms with Gasteiger partial charge in [-0.1, -0.05) is 6.92 Å². The number of hydrogen-bond acceptors (Lipinski definition) is 4. The number of rotatable bonds is 3. The normalized spacial score (nSPS) is 17.2. The van der Waals surface area contributed by atoms with Gasteiger partial charge in [0.2, 0.25) is 5.91 Å². The zero-order chi connectivity index (χ0) is 17.8. The van der Waals surface area contributed by atoms with Crippen molar-refractivity contribution in [3.05, 3.63) is 24.5 Å². The lowest BCUT2D eigenvalue weighted by Crippen LogP contribution is -2.45. The molecule has 1 aliphatic rings. The molecule has 0 radical (unpaired) electrons. The van der Waals surface area contributed by atoms with Crippen molar-refractivity contribution >= 4 is 17.7 Å². The first-order valence-corrected chi connectivity index (χ1v) is 8.35. The number of nitrogens with zero attached hydrogens (tertiary/aromatic N) is 2. The van der Waals surface area contributed by atoms with Gasteiger partial charge in [-0.3, -0.25) is 9.78 Å². The minimum atomic E-state index is -0.485. The Morgan fingerprint density at radius 1 is 1.33 bits per heavy atom. The molecule has 1 fully saturated rings. The van der Waals surface area contributed by atoms with E-state index < -0.39 is 5.60 Å². The predicted octanol–water partition coefficient (Wildman–Crippen LogP) is 3.45. The molecular formula is C18H27N3O3. The molecule has 24 heavy (non-hydrogen) atoms. The Hall–Kier alpha value is -2.11. The number of carbonyl (C=O) groups is 2. The van der Waals surface area contributed by atoms with E-state index in [0.717, 1.165) is 12.8 Å². The zero-order valence-corrected chi connectivity index (χ0v) is 15.0. The summed E-state index contributed by atoms with van der Waals surface area (Å²) in [5, 5.41) is 2.87. The van der Waals surface area contributed by atoms with E-state index >= 15 is 0 Å². The van der Waals surface area contributed by atoms with E-state index in [4.69, 9.17) is 4.74 Å². The Labute approximate surface area is 143 Å². The maximum atomic E-state index is 12.2. The van der Waals surface area contributed by atoms with E-state index in [-0.39, 0.29) is 17.4 Å². The summed E-state index contributed by atoms with van der Waals surface area (Å²) in [6.07, 6.45) is 5.03. The summed E-state index contributed by atoms with van der Waals surface area (Å²) in [4.78, 5) is 30.1. The van der Waals surface area contributed by atoms with Crippen LogP contribution in [-0.2, 0) is 9.53 Å². The van der Waals surface area contributed by atoms with E-state index in [1.807, 2.05) is 26.8 Å². The second-order valence-electron chi connectivity index (χ2n) is 7.74. The lowest BCUT2D eigenvalue weighted by Gasteiger charge is -2.39. The fraction of sp³-hybridized carbons (Fsp3) is 0.611. The van der Waals surface area contributed by atoms with Gasteiger partial charge in [0.25, 0.3) is 0 Å². The summed E-state index contributed by atoms with van der Waals surface area (Å²) in [6.45, 7) is 8.92. The van der Waals surface area contributed by atoms with Crippen LogP contribution in [0.15, 0.2) is 24.5 Å². The Balaban J connectivity index is 1.83. The molecule has 0 saturated carbocycles. The zero-order valence-electron chi connectivity index (χ0n) is 15.0. The molecule has 1 aromatic heterocycles. The maximum Gasteiger partial charge on any atom is 0.410 e. The molecule has 2 amide bonds. The van der Waals surface area contributed by atoms with Crippen molar-refractivity contribution in [3.63, 3.8) is 0 Å². The average Bonchev–Trinajstić information content (AvgIpc) is 2.46. The van der Waals surface area contributed by atoms with Crippen LogP contribution in [0, 0.1) is 5.41 Å². The summed E-state index contributed by atoms with van der Waals surface area (Å²) in [7, 11) is 0. The van der Waals surface area contributed by atoms with Crippen LogP contribution in [0.5, 0.6) is 0 Å². The highest BCUT2D eigenvalue weighted by atomic mass is 16.6. The number of hydrogen-bond donors (Lipinski definition) is 1. The van der Waals surface area contributed by atoms with Crippen LogP contribution in [0.4, 0.5) is 10.5 Å². The van der Waals surface area contributed by atoms with Gasteiger partial charge in [0.05, 0.1) is 11.9 Å². The third kappa shape index (κ3) is 5.51. The van der Waals surface area contributed by atoms with Crippen molar-refractivity contribution in [2.24, 2.45) is 5.41 Å². The molecule has 6 nitrogen and oxygen atoms in total. The van der Waals surface area contributed by atoms with E-state index in [1.165, 1.54) is 0 Å². The van der Waals surface area contributed by atoms with Gasteiger partial charge in [-0.25, -0.2) is 4.79 Å². The number of ether oxygens (including phenoxy) is 1. The third-order valence-electron chi connectivity index (χ3n) is 4.15. The molecule has 0 aromatic carbocycles. The number of pyridine rings is 1. The molecule has 0 unspecified atom stereocenters. The summed E-state index contributed by atoms with van der Waals surface area (Å²) >= 11 is 0. The number of carbonyl (C=O) groups excluding carboxylic acids is 2. The number of likely N-dealkylation sites (tertiary alicyclic amines) is 1. The number of aromatic nitrogens is 1. The van der Waals surface area contributed by atoms with Crippen molar-refractivity contribution in [2.45, 2.75) is 52.6 Å². The smallest absolute Gasteiger partial charge is 0.410 e. The van der Waals surface area contributed by atoms with Gasteiger partial charge < -0.3 is 15.0 Å². The van der Waals surface area contributed by atoms with Crippen LogP contribution in [0.1, 0.15) is 47.0 Å². The second-order valence-corrected chi connectivity index (χ2v) is 7.74. The second kappa shape index (κ2) is 7.20. The SMILES string of the molecule is CC1(CC(=O)Nc2cccnc2)CCN(C(=O)OC(C)(C)C)CC1. The summed E-state index contributed by atoms with van der Waals surface area (Å²) in [5.41, 5.74) is 0.115. The first kappa shape index (κ1) is 18.2. The van der Waals surface area contributed by atoms with Crippen LogP contribution < -0.4 is 5.32 Å². The van der Waals surface area contributed by atoms with Crippen molar-refractivity contribution in [3.8, 4) is 0 Å². The predicted molar refractivity (Wildman–Crippen MR) is 92.6 cm³/mol.